The van der Waals surface area contributed by atoms with Gasteiger partial charge in [0.05, 0.1) is 0 Å². The molecule has 0 saturated carbocycles. The summed E-state index contributed by atoms with van der Waals surface area (Å²) in [6.07, 6.45) is 1.73. The minimum Gasteiger partial charge on any atom is -0.306 e. The highest BCUT2D eigenvalue weighted by molar-refractivity contribution is 5.96. The van der Waals surface area contributed by atoms with Gasteiger partial charge in [-0.3, -0.25) is 4.79 Å². The van der Waals surface area contributed by atoms with Crippen molar-refractivity contribution in [1.29, 1.82) is 0 Å². The fourth-order valence-corrected chi connectivity index (χ4v) is 2.78. The Morgan fingerprint density at radius 2 is 2.10 bits per heavy atom. The second-order valence-electron chi connectivity index (χ2n) is 5.86. The molecule has 0 aromatic heterocycles. The number of Topliss-reactive ketones (excluding diaryl/α,β-unsaturated/α-hetero) is 1. The zero-order chi connectivity index (χ0) is 14.5. The zero-order valence-electron chi connectivity index (χ0n) is 12.3. The van der Waals surface area contributed by atoms with Crippen molar-refractivity contribution in [3.63, 3.8) is 0 Å². The molecule has 1 heterocycles. The number of carbonyl (C=O) groups excluding carboxylic acids is 1. The van der Waals surface area contributed by atoms with E-state index in [1.807, 2.05) is 0 Å². The number of halogens is 1. The van der Waals surface area contributed by atoms with E-state index in [-0.39, 0.29) is 11.6 Å². The standard InChI is InChI=1S/C16H23FN2O/c1-18-9-7-13(11-18)12-19(2)10-8-16(20)14-3-5-15(17)6-4-14/h3-6,13H,7-12H2,1-2H3. The molecule has 0 amide bonds. The van der Waals surface area contributed by atoms with Gasteiger partial charge in [-0.25, -0.2) is 4.39 Å². The highest BCUT2D eigenvalue weighted by atomic mass is 19.1. The summed E-state index contributed by atoms with van der Waals surface area (Å²) in [5.41, 5.74) is 0.598. The average molecular weight is 278 g/mol. The summed E-state index contributed by atoms with van der Waals surface area (Å²) >= 11 is 0. The molecule has 1 fully saturated rings. The van der Waals surface area contributed by atoms with Gasteiger partial charge >= 0.3 is 0 Å². The van der Waals surface area contributed by atoms with Crippen LogP contribution in [0, 0.1) is 11.7 Å². The number of nitrogens with zero attached hydrogens (tertiary/aromatic N) is 2. The molecule has 1 saturated heterocycles. The Kier molecular flexibility index (Phi) is 5.26. The Morgan fingerprint density at radius 1 is 1.40 bits per heavy atom. The molecular formula is C16H23FN2O. The SMILES string of the molecule is CN(CCC(=O)c1ccc(F)cc1)CC1CCN(C)C1. The average Bonchev–Trinajstić information content (AvgIpc) is 2.82. The number of hydrogen-bond acceptors (Lipinski definition) is 3. The summed E-state index contributed by atoms with van der Waals surface area (Å²) in [4.78, 5) is 16.6. The molecule has 1 aliphatic heterocycles. The number of ketones is 1. The van der Waals surface area contributed by atoms with E-state index < -0.39 is 0 Å². The molecule has 1 atom stereocenters. The maximum Gasteiger partial charge on any atom is 0.164 e. The summed E-state index contributed by atoms with van der Waals surface area (Å²) in [5, 5.41) is 0. The Labute approximate surface area is 120 Å². The molecule has 0 bridgehead atoms. The summed E-state index contributed by atoms with van der Waals surface area (Å²) in [6.45, 7) is 4.13. The van der Waals surface area contributed by atoms with Crippen molar-refractivity contribution in [1.82, 2.24) is 9.80 Å². The molecule has 1 aromatic carbocycles. The van der Waals surface area contributed by atoms with E-state index in [0.29, 0.717) is 17.9 Å². The van der Waals surface area contributed by atoms with Crippen LogP contribution in [0.4, 0.5) is 4.39 Å². The van der Waals surface area contributed by atoms with Crippen molar-refractivity contribution in [2.75, 3.05) is 40.3 Å². The highest BCUT2D eigenvalue weighted by Crippen LogP contribution is 2.15. The lowest BCUT2D eigenvalue weighted by Gasteiger charge is -2.20. The van der Waals surface area contributed by atoms with E-state index in [4.69, 9.17) is 0 Å². The summed E-state index contributed by atoms with van der Waals surface area (Å²) < 4.78 is 12.8. The topological polar surface area (TPSA) is 23.6 Å². The molecule has 1 unspecified atom stereocenters. The maximum atomic E-state index is 12.8. The minimum absolute atomic E-state index is 0.0837. The van der Waals surface area contributed by atoms with Gasteiger partial charge in [0.25, 0.3) is 0 Å². The molecule has 20 heavy (non-hydrogen) atoms. The van der Waals surface area contributed by atoms with Gasteiger partial charge in [0.1, 0.15) is 5.82 Å². The first kappa shape index (κ1) is 15.1. The molecule has 0 aliphatic carbocycles. The van der Waals surface area contributed by atoms with Gasteiger partial charge in [0.2, 0.25) is 0 Å². The zero-order valence-corrected chi connectivity index (χ0v) is 12.3. The summed E-state index contributed by atoms with van der Waals surface area (Å²) in [6, 6.07) is 5.80. The van der Waals surface area contributed by atoms with Crippen LogP contribution in [-0.4, -0.2) is 55.9 Å². The predicted molar refractivity (Wildman–Crippen MR) is 78.4 cm³/mol. The van der Waals surface area contributed by atoms with Crippen molar-refractivity contribution in [3.05, 3.63) is 35.6 Å². The van der Waals surface area contributed by atoms with Crippen molar-refractivity contribution in [2.24, 2.45) is 5.92 Å². The van der Waals surface area contributed by atoms with E-state index in [1.54, 1.807) is 12.1 Å². The maximum absolute atomic E-state index is 12.8. The third-order valence-corrected chi connectivity index (χ3v) is 3.95. The highest BCUT2D eigenvalue weighted by Gasteiger charge is 2.20. The van der Waals surface area contributed by atoms with Crippen molar-refractivity contribution in [3.8, 4) is 0 Å². The van der Waals surface area contributed by atoms with Gasteiger partial charge in [-0.2, -0.15) is 0 Å². The van der Waals surface area contributed by atoms with Gasteiger partial charge in [-0.15, -0.1) is 0 Å². The van der Waals surface area contributed by atoms with Gasteiger partial charge in [0, 0.05) is 31.6 Å². The quantitative estimate of drug-likeness (QED) is 0.746. The van der Waals surface area contributed by atoms with Crippen LogP contribution in [0.3, 0.4) is 0 Å². The molecule has 110 valence electrons. The van der Waals surface area contributed by atoms with Crippen LogP contribution in [0.25, 0.3) is 0 Å². The van der Waals surface area contributed by atoms with Crippen LogP contribution in [-0.2, 0) is 0 Å². The second kappa shape index (κ2) is 6.95. The van der Waals surface area contributed by atoms with E-state index >= 15 is 0 Å². The number of benzene rings is 1. The first-order valence-electron chi connectivity index (χ1n) is 7.20. The largest absolute Gasteiger partial charge is 0.306 e. The van der Waals surface area contributed by atoms with Crippen LogP contribution in [0.2, 0.25) is 0 Å². The Hall–Kier alpha value is -1.26. The molecule has 1 aliphatic rings. The van der Waals surface area contributed by atoms with Crippen molar-refractivity contribution >= 4 is 5.78 Å². The number of carbonyl (C=O) groups is 1. The van der Waals surface area contributed by atoms with E-state index in [9.17, 15) is 9.18 Å². The van der Waals surface area contributed by atoms with Crippen LogP contribution in [0.5, 0.6) is 0 Å². The molecular weight excluding hydrogens is 255 g/mol. The lowest BCUT2D eigenvalue weighted by Crippen LogP contribution is -2.29. The minimum atomic E-state index is -0.302. The second-order valence-corrected chi connectivity index (χ2v) is 5.86. The Morgan fingerprint density at radius 3 is 2.70 bits per heavy atom. The van der Waals surface area contributed by atoms with Crippen molar-refractivity contribution < 1.29 is 9.18 Å². The van der Waals surface area contributed by atoms with E-state index in [0.717, 1.165) is 19.6 Å². The van der Waals surface area contributed by atoms with Gasteiger partial charge < -0.3 is 9.80 Å². The molecule has 0 radical (unpaired) electrons. The van der Waals surface area contributed by atoms with Crippen LogP contribution in [0.15, 0.2) is 24.3 Å². The fraction of sp³-hybridized carbons (Fsp3) is 0.562. The molecule has 0 spiro atoms. The van der Waals surface area contributed by atoms with Gasteiger partial charge in [0.15, 0.2) is 5.78 Å². The first-order valence-corrected chi connectivity index (χ1v) is 7.20. The van der Waals surface area contributed by atoms with Crippen LogP contribution < -0.4 is 0 Å². The third-order valence-electron chi connectivity index (χ3n) is 3.95. The first-order chi connectivity index (χ1) is 9.54. The van der Waals surface area contributed by atoms with Crippen LogP contribution >= 0.6 is 0 Å². The fourth-order valence-electron chi connectivity index (χ4n) is 2.78. The van der Waals surface area contributed by atoms with E-state index in [2.05, 4.69) is 23.9 Å². The lowest BCUT2D eigenvalue weighted by molar-refractivity contribution is 0.0966. The Bertz CT molecular complexity index is 446. The lowest BCUT2D eigenvalue weighted by atomic mass is 10.1. The molecule has 1 aromatic rings. The predicted octanol–water partition coefficient (Wildman–Crippen LogP) is 2.28. The molecule has 3 nitrogen and oxygen atoms in total. The molecule has 2 rings (SSSR count). The summed E-state index contributed by atoms with van der Waals surface area (Å²) in [5.74, 6) is 0.496. The monoisotopic (exact) mass is 278 g/mol. The number of rotatable bonds is 6. The summed E-state index contributed by atoms with van der Waals surface area (Å²) in [7, 11) is 4.22. The van der Waals surface area contributed by atoms with Crippen LogP contribution in [0.1, 0.15) is 23.2 Å². The third kappa shape index (κ3) is 4.39. The molecule has 4 heteroatoms. The smallest absolute Gasteiger partial charge is 0.164 e. The Balaban J connectivity index is 1.74. The number of likely N-dealkylation sites (tertiary alicyclic amines) is 1. The van der Waals surface area contributed by atoms with E-state index in [1.165, 1.54) is 25.1 Å². The van der Waals surface area contributed by atoms with Gasteiger partial charge in [-0.1, -0.05) is 0 Å². The van der Waals surface area contributed by atoms with Crippen molar-refractivity contribution in [2.45, 2.75) is 12.8 Å². The van der Waals surface area contributed by atoms with Gasteiger partial charge in [-0.05, 0) is 57.2 Å². The molecule has 0 N–H and O–H groups in total. The number of hydrogen-bond donors (Lipinski definition) is 0. The normalized spacial score (nSPS) is 19.7.